The summed E-state index contributed by atoms with van der Waals surface area (Å²) in [5.41, 5.74) is 0. The van der Waals surface area contributed by atoms with Crippen molar-refractivity contribution in [1.82, 2.24) is 0 Å². The van der Waals surface area contributed by atoms with Crippen LogP contribution in [0.25, 0.3) is 0 Å². The van der Waals surface area contributed by atoms with Crippen molar-refractivity contribution >= 4 is 7.60 Å². The van der Waals surface area contributed by atoms with Crippen LogP contribution in [0.4, 0.5) is 0 Å². The molecule has 0 saturated carbocycles. The van der Waals surface area contributed by atoms with Gasteiger partial charge >= 0.3 is 7.60 Å². The maximum absolute atomic E-state index is 10.6. The van der Waals surface area contributed by atoms with Crippen LogP contribution in [-0.2, 0) is 14.0 Å². The van der Waals surface area contributed by atoms with Crippen LogP contribution in [0.1, 0.15) is 0 Å². The van der Waals surface area contributed by atoms with E-state index in [0.29, 0.717) is 5.82 Å². The third-order valence-electron chi connectivity index (χ3n) is 2.31. The van der Waals surface area contributed by atoms with Crippen molar-refractivity contribution in [2.45, 2.75) is 30.7 Å². The van der Waals surface area contributed by atoms with Crippen molar-refractivity contribution in [3.63, 3.8) is 0 Å². The van der Waals surface area contributed by atoms with Crippen LogP contribution < -0.4 is 0 Å². The molecular formula is C8H15O8P. The Labute approximate surface area is 97.3 Å². The highest BCUT2D eigenvalue weighted by atomic mass is 31.2. The molecule has 0 spiro atoms. The molecule has 0 unspecified atom stereocenters. The molecule has 0 bridgehead atoms. The zero-order chi connectivity index (χ0) is 13.2. The minimum atomic E-state index is -4.38. The van der Waals surface area contributed by atoms with Gasteiger partial charge in [0.25, 0.3) is 0 Å². The number of ether oxygens (including phenoxy) is 2. The third kappa shape index (κ3) is 3.84. The largest absolute Gasteiger partial charge is 0.387 e. The van der Waals surface area contributed by atoms with Crippen LogP contribution in [0.15, 0.2) is 11.9 Å². The van der Waals surface area contributed by atoms with Crippen LogP contribution in [-0.4, -0.2) is 62.9 Å². The summed E-state index contributed by atoms with van der Waals surface area (Å²) in [7, 11) is -3.15. The van der Waals surface area contributed by atoms with E-state index in [2.05, 4.69) is 0 Å². The van der Waals surface area contributed by atoms with Gasteiger partial charge in [-0.3, -0.25) is 4.57 Å². The molecule has 1 aliphatic heterocycles. The fourth-order valence-corrected chi connectivity index (χ4v) is 1.82. The summed E-state index contributed by atoms with van der Waals surface area (Å²) in [5.74, 6) is 0.554. The lowest BCUT2D eigenvalue weighted by Crippen LogP contribution is -2.57. The molecular weight excluding hydrogens is 255 g/mol. The first-order valence-corrected chi connectivity index (χ1v) is 6.41. The topological polar surface area (TPSA) is 137 Å². The first-order chi connectivity index (χ1) is 7.76. The SMILES string of the molecule is CO[C@H]1O[C@H](/C=C/P(=O)(O)O)[C@@H](O)[C@H](O)[C@@H]1O. The smallest absolute Gasteiger partial charge is 0.348 e. The Hall–Kier alpha value is -0.310. The molecule has 0 aromatic heterocycles. The highest BCUT2D eigenvalue weighted by Gasteiger charge is 2.43. The van der Waals surface area contributed by atoms with Gasteiger partial charge in [0.15, 0.2) is 6.29 Å². The van der Waals surface area contributed by atoms with E-state index in [0.717, 1.165) is 6.08 Å². The fourth-order valence-electron chi connectivity index (χ4n) is 1.42. The van der Waals surface area contributed by atoms with Crippen LogP contribution in [0.3, 0.4) is 0 Å². The van der Waals surface area contributed by atoms with E-state index in [9.17, 15) is 19.9 Å². The van der Waals surface area contributed by atoms with Gasteiger partial charge in [-0.15, -0.1) is 0 Å². The Morgan fingerprint density at radius 3 is 2.24 bits per heavy atom. The molecule has 0 aromatic rings. The van der Waals surface area contributed by atoms with Gasteiger partial charge in [0.2, 0.25) is 0 Å². The average molecular weight is 270 g/mol. The van der Waals surface area contributed by atoms with Crippen molar-refractivity contribution < 1.29 is 39.1 Å². The molecule has 17 heavy (non-hydrogen) atoms. The minimum absolute atomic E-state index is 0.554. The van der Waals surface area contributed by atoms with Crippen LogP contribution in [0.2, 0.25) is 0 Å². The molecule has 5 atom stereocenters. The van der Waals surface area contributed by atoms with Crippen molar-refractivity contribution in [1.29, 1.82) is 0 Å². The number of rotatable bonds is 3. The standard InChI is InChI=1S/C8H15O8P/c1-15-8-7(11)6(10)5(9)4(16-8)2-3-17(12,13)14/h2-11H,1H3,(H2,12,13,14)/b3-2+/t4-,5-,6+,7+,8+/m1/s1. The van der Waals surface area contributed by atoms with Gasteiger partial charge in [-0.05, 0) is 6.08 Å². The molecule has 1 rings (SSSR count). The monoisotopic (exact) mass is 270 g/mol. The lowest BCUT2D eigenvalue weighted by atomic mass is 9.99. The van der Waals surface area contributed by atoms with E-state index >= 15 is 0 Å². The Kier molecular flexibility index (Phi) is 4.82. The molecule has 1 heterocycles. The average Bonchev–Trinajstić information content (AvgIpc) is 2.24. The van der Waals surface area contributed by atoms with E-state index in [1.165, 1.54) is 7.11 Å². The minimum Gasteiger partial charge on any atom is -0.387 e. The van der Waals surface area contributed by atoms with E-state index in [-0.39, 0.29) is 0 Å². The first-order valence-electron chi connectivity index (χ1n) is 4.73. The zero-order valence-electron chi connectivity index (χ0n) is 8.95. The number of aliphatic hydroxyl groups is 3. The Balaban J connectivity index is 2.79. The van der Waals surface area contributed by atoms with E-state index in [1.54, 1.807) is 0 Å². The van der Waals surface area contributed by atoms with Gasteiger partial charge < -0.3 is 34.6 Å². The Morgan fingerprint density at radius 1 is 1.18 bits per heavy atom. The lowest BCUT2D eigenvalue weighted by Gasteiger charge is -2.38. The molecule has 0 aromatic carbocycles. The van der Waals surface area contributed by atoms with Gasteiger partial charge in [-0.2, -0.15) is 0 Å². The molecule has 0 amide bonds. The second kappa shape index (κ2) is 5.55. The maximum atomic E-state index is 10.6. The fraction of sp³-hybridized carbons (Fsp3) is 0.750. The summed E-state index contributed by atoms with van der Waals surface area (Å²) in [6.45, 7) is 0. The Morgan fingerprint density at radius 2 is 1.76 bits per heavy atom. The van der Waals surface area contributed by atoms with Crippen molar-refractivity contribution in [2.24, 2.45) is 0 Å². The van der Waals surface area contributed by atoms with Gasteiger partial charge in [0, 0.05) is 12.9 Å². The van der Waals surface area contributed by atoms with E-state index in [1.807, 2.05) is 0 Å². The zero-order valence-corrected chi connectivity index (χ0v) is 9.84. The predicted octanol–water partition coefficient (Wildman–Crippen LogP) is -1.87. The van der Waals surface area contributed by atoms with E-state index in [4.69, 9.17) is 19.3 Å². The Bertz CT molecular complexity index is 323. The van der Waals surface area contributed by atoms with Crippen molar-refractivity contribution in [2.75, 3.05) is 7.11 Å². The van der Waals surface area contributed by atoms with Crippen LogP contribution in [0, 0.1) is 0 Å². The van der Waals surface area contributed by atoms with Crippen LogP contribution >= 0.6 is 7.60 Å². The van der Waals surface area contributed by atoms with Crippen molar-refractivity contribution in [3.05, 3.63) is 11.9 Å². The van der Waals surface area contributed by atoms with Gasteiger partial charge in [-0.25, -0.2) is 0 Å². The summed E-state index contributed by atoms with van der Waals surface area (Å²) in [6.07, 6.45) is -5.90. The lowest BCUT2D eigenvalue weighted by molar-refractivity contribution is -0.279. The quantitative estimate of drug-likeness (QED) is 0.376. The maximum Gasteiger partial charge on any atom is 0.348 e. The summed E-state index contributed by atoms with van der Waals surface area (Å²) in [4.78, 5) is 17.2. The molecule has 100 valence electrons. The molecule has 5 N–H and O–H groups in total. The highest BCUT2D eigenvalue weighted by molar-refractivity contribution is 7.55. The molecule has 1 aliphatic rings. The summed E-state index contributed by atoms with van der Waals surface area (Å²) in [6, 6.07) is 0. The normalized spacial score (nSPS) is 39.8. The molecule has 0 aliphatic carbocycles. The molecule has 1 fully saturated rings. The summed E-state index contributed by atoms with van der Waals surface area (Å²) < 4.78 is 20.3. The van der Waals surface area contributed by atoms with Gasteiger partial charge in [-0.1, -0.05) is 0 Å². The molecule has 1 saturated heterocycles. The van der Waals surface area contributed by atoms with Gasteiger partial charge in [0.05, 0.1) is 0 Å². The number of hydrogen-bond acceptors (Lipinski definition) is 6. The molecule has 0 radical (unpaired) electrons. The summed E-state index contributed by atoms with van der Waals surface area (Å²) in [5, 5.41) is 28.4. The third-order valence-corrected chi connectivity index (χ3v) is 2.87. The van der Waals surface area contributed by atoms with Gasteiger partial charge in [0.1, 0.15) is 24.4 Å². The second-order valence-electron chi connectivity index (χ2n) is 3.61. The van der Waals surface area contributed by atoms with Crippen LogP contribution in [0.5, 0.6) is 0 Å². The predicted molar refractivity (Wildman–Crippen MR) is 54.9 cm³/mol. The molecule has 8 nitrogen and oxygen atoms in total. The van der Waals surface area contributed by atoms with E-state index < -0.39 is 38.3 Å². The number of hydrogen-bond donors (Lipinski definition) is 5. The summed E-state index contributed by atoms with van der Waals surface area (Å²) >= 11 is 0. The van der Waals surface area contributed by atoms with Crippen molar-refractivity contribution in [3.8, 4) is 0 Å². The first kappa shape index (κ1) is 14.7. The second-order valence-corrected chi connectivity index (χ2v) is 5.08. The molecule has 9 heteroatoms. The number of aliphatic hydroxyl groups excluding tert-OH is 3. The highest BCUT2D eigenvalue weighted by Crippen LogP contribution is 2.37. The number of methoxy groups -OCH3 is 1.